The second kappa shape index (κ2) is 8.10. The first-order valence-electron chi connectivity index (χ1n) is 8.57. The number of aliphatic carboxylic acids is 2. The highest BCUT2D eigenvalue weighted by molar-refractivity contribution is 9.10. The van der Waals surface area contributed by atoms with E-state index in [1.54, 1.807) is 15.7 Å². The third-order valence-electron chi connectivity index (χ3n) is 4.83. The van der Waals surface area contributed by atoms with E-state index in [0.717, 1.165) is 21.8 Å². The first-order valence-corrected chi connectivity index (χ1v) is 9.36. The van der Waals surface area contributed by atoms with Crippen molar-refractivity contribution >= 4 is 45.2 Å². The monoisotopic (exact) mass is 437 g/mol. The zero-order chi connectivity index (χ0) is 19.6. The van der Waals surface area contributed by atoms with Gasteiger partial charge in [-0.1, -0.05) is 15.9 Å². The summed E-state index contributed by atoms with van der Waals surface area (Å²) in [4.78, 5) is 37.5. The number of carboxylic acids is 2. The number of aryl methyl sites for hydroxylation is 1. The largest absolute Gasteiger partial charge is 0.481 e. The lowest BCUT2D eigenvalue weighted by atomic mass is 10.0. The van der Waals surface area contributed by atoms with E-state index in [9.17, 15) is 19.5 Å². The molecule has 1 aromatic heterocycles. The van der Waals surface area contributed by atoms with Crippen molar-refractivity contribution in [3.05, 3.63) is 34.4 Å². The third-order valence-corrected chi connectivity index (χ3v) is 5.33. The molecule has 2 N–H and O–H groups in total. The van der Waals surface area contributed by atoms with Crippen molar-refractivity contribution in [2.45, 2.75) is 19.0 Å². The van der Waals surface area contributed by atoms with Crippen LogP contribution in [0.4, 0.5) is 0 Å². The standard InChI is InChI=1S/C18H20BrN3O5/c19-12-1-2-15-13(9-12)14(10-22(15)4-3-16(24)25)17(18(26)27)21-7-5-20(11-23)6-8-21/h1-2,9-11,17H,3-8H2,(H,24,25)(H,26,27)/t17-/m1/s1. The van der Waals surface area contributed by atoms with Gasteiger partial charge in [0.1, 0.15) is 6.04 Å². The fourth-order valence-corrected chi connectivity index (χ4v) is 3.86. The molecule has 8 nitrogen and oxygen atoms in total. The number of hydrogen-bond acceptors (Lipinski definition) is 4. The van der Waals surface area contributed by atoms with Crippen molar-refractivity contribution in [2.24, 2.45) is 0 Å². The minimum Gasteiger partial charge on any atom is -0.481 e. The van der Waals surface area contributed by atoms with Crippen LogP contribution in [0.25, 0.3) is 10.9 Å². The Morgan fingerprint density at radius 2 is 1.89 bits per heavy atom. The molecule has 0 radical (unpaired) electrons. The van der Waals surface area contributed by atoms with Crippen LogP contribution < -0.4 is 0 Å². The van der Waals surface area contributed by atoms with Gasteiger partial charge in [0.25, 0.3) is 0 Å². The summed E-state index contributed by atoms with van der Waals surface area (Å²) in [5, 5.41) is 19.7. The predicted octanol–water partition coefficient (Wildman–Crippen LogP) is 1.78. The van der Waals surface area contributed by atoms with E-state index < -0.39 is 18.0 Å². The van der Waals surface area contributed by atoms with Crippen molar-refractivity contribution in [2.75, 3.05) is 26.2 Å². The molecule has 3 rings (SSSR count). The number of halogens is 1. The maximum atomic E-state index is 12.1. The molecule has 0 unspecified atom stereocenters. The molecule has 1 aliphatic heterocycles. The van der Waals surface area contributed by atoms with E-state index >= 15 is 0 Å². The molecule has 144 valence electrons. The highest BCUT2D eigenvalue weighted by Gasteiger charge is 2.32. The molecule has 1 atom stereocenters. The SMILES string of the molecule is O=CN1CCN([C@@H](C(=O)O)c2cn(CCC(=O)O)c3ccc(Br)cc23)CC1. The molecule has 1 fully saturated rings. The Labute approximate surface area is 164 Å². The van der Waals surface area contributed by atoms with E-state index in [1.807, 2.05) is 23.1 Å². The van der Waals surface area contributed by atoms with E-state index in [4.69, 9.17) is 5.11 Å². The van der Waals surface area contributed by atoms with Crippen LogP contribution in [0.3, 0.4) is 0 Å². The fourth-order valence-electron chi connectivity index (χ4n) is 3.50. The molecular weight excluding hydrogens is 418 g/mol. The Morgan fingerprint density at radius 1 is 1.19 bits per heavy atom. The van der Waals surface area contributed by atoms with Gasteiger partial charge >= 0.3 is 11.9 Å². The summed E-state index contributed by atoms with van der Waals surface area (Å²) in [6.45, 7) is 2.15. The lowest BCUT2D eigenvalue weighted by Crippen LogP contribution is -2.48. The molecule has 0 saturated carbocycles. The molecule has 2 heterocycles. The number of carbonyl (C=O) groups is 3. The number of aromatic nitrogens is 1. The van der Waals surface area contributed by atoms with Crippen molar-refractivity contribution < 1.29 is 24.6 Å². The number of nitrogens with zero attached hydrogens (tertiary/aromatic N) is 3. The quantitative estimate of drug-likeness (QED) is 0.639. The molecule has 1 amide bonds. The summed E-state index contributed by atoms with van der Waals surface area (Å²) in [6, 6.07) is 4.71. The van der Waals surface area contributed by atoms with Gasteiger partial charge in [-0.25, -0.2) is 0 Å². The Balaban J connectivity index is 2.01. The van der Waals surface area contributed by atoms with E-state index in [2.05, 4.69) is 15.9 Å². The predicted molar refractivity (Wildman–Crippen MR) is 101 cm³/mol. The van der Waals surface area contributed by atoms with Crippen LogP contribution in [0.5, 0.6) is 0 Å². The summed E-state index contributed by atoms with van der Waals surface area (Å²) in [7, 11) is 0. The van der Waals surface area contributed by atoms with Crippen LogP contribution in [0.2, 0.25) is 0 Å². The van der Waals surface area contributed by atoms with Crippen molar-refractivity contribution in [1.29, 1.82) is 0 Å². The molecule has 1 aliphatic rings. The second-order valence-electron chi connectivity index (χ2n) is 6.50. The molecule has 1 aromatic carbocycles. The number of fused-ring (bicyclic) bond motifs is 1. The van der Waals surface area contributed by atoms with E-state index in [0.29, 0.717) is 31.7 Å². The molecular formula is C18H20BrN3O5. The van der Waals surface area contributed by atoms with Crippen LogP contribution in [0.15, 0.2) is 28.9 Å². The molecule has 2 aromatic rings. The van der Waals surface area contributed by atoms with Gasteiger partial charge in [-0.05, 0) is 18.2 Å². The second-order valence-corrected chi connectivity index (χ2v) is 7.42. The third kappa shape index (κ3) is 4.14. The summed E-state index contributed by atoms with van der Waals surface area (Å²) in [5.41, 5.74) is 1.43. The van der Waals surface area contributed by atoms with E-state index in [1.165, 1.54) is 0 Å². The van der Waals surface area contributed by atoms with Crippen LogP contribution in [0, 0.1) is 0 Å². The summed E-state index contributed by atoms with van der Waals surface area (Å²) in [5.74, 6) is -1.87. The number of amides is 1. The number of carboxylic acid groups (broad SMARTS) is 2. The van der Waals surface area contributed by atoms with Crippen molar-refractivity contribution in [3.8, 4) is 0 Å². The molecule has 27 heavy (non-hydrogen) atoms. The highest BCUT2D eigenvalue weighted by Crippen LogP contribution is 2.33. The topological polar surface area (TPSA) is 103 Å². The average Bonchev–Trinajstić information content (AvgIpc) is 2.98. The van der Waals surface area contributed by atoms with Gasteiger partial charge in [-0.15, -0.1) is 0 Å². The average molecular weight is 438 g/mol. The Hall–Kier alpha value is -2.39. The first-order chi connectivity index (χ1) is 12.9. The van der Waals surface area contributed by atoms with Crippen LogP contribution in [-0.4, -0.2) is 69.1 Å². The molecule has 0 spiro atoms. The maximum Gasteiger partial charge on any atom is 0.325 e. The zero-order valence-electron chi connectivity index (χ0n) is 14.5. The zero-order valence-corrected chi connectivity index (χ0v) is 16.1. The lowest BCUT2D eigenvalue weighted by molar-refractivity contribution is -0.144. The fraction of sp³-hybridized carbons (Fsp3) is 0.389. The Bertz CT molecular complexity index is 873. The van der Waals surface area contributed by atoms with Crippen LogP contribution >= 0.6 is 15.9 Å². The first kappa shape index (κ1) is 19.4. The number of hydrogen-bond donors (Lipinski definition) is 2. The van der Waals surface area contributed by atoms with Crippen LogP contribution in [0.1, 0.15) is 18.0 Å². The number of benzene rings is 1. The number of carbonyl (C=O) groups excluding carboxylic acids is 1. The van der Waals surface area contributed by atoms with Gasteiger partial charge in [0, 0.05) is 59.9 Å². The molecule has 0 bridgehead atoms. The number of rotatable bonds is 7. The van der Waals surface area contributed by atoms with Gasteiger partial charge < -0.3 is 19.7 Å². The van der Waals surface area contributed by atoms with Gasteiger partial charge in [0.05, 0.1) is 6.42 Å². The lowest BCUT2D eigenvalue weighted by Gasteiger charge is -2.36. The van der Waals surface area contributed by atoms with Gasteiger partial charge in [-0.2, -0.15) is 0 Å². The molecule has 1 saturated heterocycles. The van der Waals surface area contributed by atoms with Gasteiger partial charge in [-0.3, -0.25) is 19.3 Å². The minimum atomic E-state index is -0.966. The summed E-state index contributed by atoms with van der Waals surface area (Å²) < 4.78 is 2.62. The summed E-state index contributed by atoms with van der Waals surface area (Å²) >= 11 is 3.43. The van der Waals surface area contributed by atoms with Gasteiger partial charge in [0.15, 0.2) is 0 Å². The highest BCUT2D eigenvalue weighted by atomic mass is 79.9. The van der Waals surface area contributed by atoms with Gasteiger partial charge in [0.2, 0.25) is 6.41 Å². The van der Waals surface area contributed by atoms with Crippen molar-refractivity contribution in [3.63, 3.8) is 0 Å². The Kier molecular flexibility index (Phi) is 5.81. The minimum absolute atomic E-state index is 0.0466. The van der Waals surface area contributed by atoms with E-state index in [-0.39, 0.29) is 13.0 Å². The van der Waals surface area contributed by atoms with Crippen LogP contribution in [-0.2, 0) is 20.9 Å². The Morgan fingerprint density at radius 3 is 2.48 bits per heavy atom. The number of piperazine rings is 1. The smallest absolute Gasteiger partial charge is 0.325 e. The molecule has 9 heteroatoms. The normalized spacial score (nSPS) is 16.4. The summed E-state index contributed by atoms with van der Waals surface area (Å²) in [6.07, 6.45) is 2.47. The molecule has 0 aliphatic carbocycles. The van der Waals surface area contributed by atoms with Crippen molar-refractivity contribution in [1.82, 2.24) is 14.4 Å². The maximum absolute atomic E-state index is 12.1.